The molecular formula is C23H41N3S. The van der Waals surface area contributed by atoms with Gasteiger partial charge in [0, 0.05) is 24.2 Å². The van der Waals surface area contributed by atoms with Crippen molar-refractivity contribution in [1.82, 2.24) is 9.80 Å². The molecule has 2 aliphatic heterocycles. The van der Waals surface area contributed by atoms with E-state index >= 15 is 0 Å². The van der Waals surface area contributed by atoms with Gasteiger partial charge in [-0.15, -0.1) is 0 Å². The molecule has 0 amide bonds. The summed E-state index contributed by atoms with van der Waals surface area (Å²) in [5.74, 6) is 1.24. The zero-order valence-electron chi connectivity index (χ0n) is 19.4. The molecule has 1 saturated heterocycles. The van der Waals surface area contributed by atoms with Gasteiger partial charge in [0.15, 0.2) is 0 Å². The van der Waals surface area contributed by atoms with Crippen LogP contribution >= 0.6 is 12.2 Å². The second-order valence-corrected chi connectivity index (χ2v) is 11.8. The summed E-state index contributed by atoms with van der Waals surface area (Å²) in [4.78, 5) is 11.5. The Labute approximate surface area is 173 Å². The maximum absolute atomic E-state index is 5.76. The number of hydrogen-bond acceptors (Lipinski definition) is 3. The zero-order valence-corrected chi connectivity index (χ0v) is 20.2. The third-order valence-corrected chi connectivity index (χ3v) is 5.93. The van der Waals surface area contributed by atoms with E-state index in [9.17, 15) is 0 Å². The van der Waals surface area contributed by atoms with E-state index in [-0.39, 0.29) is 22.3 Å². The molecule has 1 atom stereocenters. The van der Waals surface area contributed by atoms with Gasteiger partial charge in [-0.05, 0) is 29.2 Å². The molecule has 1 fully saturated rings. The number of nitrogens with zero attached hydrogens (tertiary/aromatic N) is 3. The molecule has 0 aromatic rings. The monoisotopic (exact) mass is 391 g/mol. The predicted octanol–water partition coefficient (Wildman–Crippen LogP) is 5.90. The van der Waals surface area contributed by atoms with Crippen LogP contribution in [0.2, 0.25) is 0 Å². The third kappa shape index (κ3) is 4.75. The van der Waals surface area contributed by atoms with Crippen molar-refractivity contribution in [3.63, 3.8) is 0 Å². The lowest BCUT2D eigenvalue weighted by Gasteiger charge is -2.51. The van der Waals surface area contributed by atoms with Gasteiger partial charge in [0.2, 0.25) is 0 Å². The molecular weight excluding hydrogens is 350 g/mol. The average Bonchev–Trinajstić information content (AvgIpc) is 2.49. The highest BCUT2D eigenvalue weighted by atomic mass is 32.1. The predicted molar refractivity (Wildman–Crippen MR) is 122 cm³/mol. The van der Waals surface area contributed by atoms with E-state index in [4.69, 9.17) is 17.2 Å². The summed E-state index contributed by atoms with van der Waals surface area (Å²) in [7, 11) is 0. The Hall–Kier alpha value is -0.900. The smallest absolute Gasteiger partial charge is 0.109 e. The Morgan fingerprint density at radius 3 is 2.04 bits per heavy atom. The second-order valence-electron chi connectivity index (χ2n) is 11.3. The highest BCUT2D eigenvalue weighted by molar-refractivity contribution is 7.80. The standard InChI is InChI=1S/C23H41N3S/c1-11-12-17(27)25-13-14-26-16(15-25)18(21(2,3)4)19(22(5,6)7)24-20(26)23(8,9)10/h19H,11-15H2,1-10H3. The van der Waals surface area contributed by atoms with Gasteiger partial charge in [0.1, 0.15) is 5.84 Å². The van der Waals surface area contributed by atoms with Crippen molar-refractivity contribution < 1.29 is 0 Å². The van der Waals surface area contributed by atoms with Crippen molar-refractivity contribution in [2.24, 2.45) is 21.2 Å². The van der Waals surface area contributed by atoms with Gasteiger partial charge in [0.05, 0.1) is 17.6 Å². The van der Waals surface area contributed by atoms with Crippen molar-refractivity contribution in [2.45, 2.75) is 88.1 Å². The van der Waals surface area contributed by atoms with E-state index in [2.05, 4.69) is 79.0 Å². The number of amidine groups is 1. The Morgan fingerprint density at radius 1 is 1.00 bits per heavy atom. The van der Waals surface area contributed by atoms with Crippen LogP contribution in [0.15, 0.2) is 16.3 Å². The highest BCUT2D eigenvalue weighted by Crippen LogP contribution is 2.45. The second kappa shape index (κ2) is 7.50. The van der Waals surface area contributed by atoms with Gasteiger partial charge in [-0.1, -0.05) is 81.5 Å². The van der Waals surface area contributed by atoms with Gasteiger partial charge in [-0.25, -0.2) is 0 Å². The van der Waals surface area contributed by atoms with Crippen LogP contribution in [-0.2, 0) is 0 Å². The Kier molecular flexibility index (Phi) is 6.22. The van der Waals surface area contributed by atoms with Crippen LogP contribution in [-0.4, -0.2) is 46.3 Å². The molecule has 2 aliphatic rings. The van der Waals surface area contributed by atoms with Crippen LogP contribution in [0.4, 0.5) is 0 Å². The number of fused-ring (bicyclic) bond motifs is 1. The molecule has 0 bridgehead atoms. The molecule has 3 nitrogen and oxygen atoms in total. The maximum Gasteiger partial charge on any atom is 0.109 e. The van der Waals surface area contributed by atoms with Crippen molar-refractivity contribution >= 4 is 23.0 Å². The van der Waals surface area contributed by atoms with E-state index in [1.165, 1.54) is 17.1 Å². The average molecular weight is 392 g/mol. The number of piperazine rings is 1. The quantitative estimate of drug-likeness (QED) is 0.546. The molecule has 0 aromatic heterocycles. The minimum atomic E-state index is 0.0320. The van der Waals surface area contributed by atoms with Gasteiger partial charge in [-0.2, -0.15) is 0 Å². The van der Waals surface area contributed by atoms with Crippen LogP contribution < -0.4 is 0 Å². The first-order valence-electron chi connectivity index (χ1n) is 10.5. The molecule has 2 rings (SSSR count). The van der Waals surface area contributed by atoms with Crippen molar-refractivity contribution in [3.8, 4) is 0 Å². The molecule has 0 aromatic carbocycles. The van der Waals surface area contributed by atoms with E-state index in [0.29, 0.717) is 0 Å². The third-order valence-electron chi connectivity index (χ3n) is 5.47. The molecule has 0 spiro atoms. The topological polar surface area (TPSA) is 18.8 Å². The molecule has 27 heavy (non-hydrogen) atoms. The molecule has 2 heterocycles. The molecule has 0 radical (unpaired) electrons. The zero-order chi connectivity index (χ0) is 20.8. The lowest BCUT2D eigenvalue weighted by atomic mass is 9.70. The van der Waals surface area contributed by atoms with Crippen LogP contribution in [0.3, 0.4) is 0 Å². The first-order chi connectivity index (χ1) is 12.2. The summed E-state index contributed by atoms with van der Waals surface area (Å²) in [5.41, 5.74) is 3.14. The number of rotatable bonds is 2. The Morgan fingerprint density at radius 2 is 1.59 bits per heavy atom. The van der Waals surface area contributed by atoms with Gasteiger partial charge >= 0.3 is 0 Å². The molecule has 0 aliphatic carbocycles. The summed E-state index contributed by atoms with van der Waals surface area (Å²) in [6, 6.07) is 0.206. The number of thiocarbonyl (C=S) groups is 1. The molecule has 0 saturated carbocycles. The lowest BCUT2D eigenvalue weighted by molar-refractivity contribution is 0.238. The van der Waals surface area contributed by atoms with Crippen molar-refractivity contribution in [2.75, 3.05) is 19.6 Å². The van der Waals surface area contributed by atoms with Crippen LogP contribution in [0.5, 0.6) is 0 Å². The normalized spacial score (nSPS) is 22.0. The summed E-state index contributed by atoms with van der Waals surface area (Å²) in [5, 5.41) is 0. The van der Waals surface area contributed by atoms with Crippen LogP contribution in [0, 0.1) is 16.2 Å². The largest absolute Gasteiger partial charge is 0.359 e. The fourth-order valence-electron chi connectivity index (χ4n) is 4.23. The fraction of sp³-hybridized carbons (Fsp3) is 0.826. The van der Waals surface area contributed by atoms with E-state index in [1.807, 2.05) is 0 Å². The summed E-state index contributed by atoms with van der Waals surface area (Å²) >= 11 is 5.76. The Bertz CT molecular complexity index is 638. The first kappa shape index (κ1) is 22.4. The number of hydrogen-bond donors (Lipinski definition) is 0. The summed E-state index contributed by atoms with van der Waals surface area (Å²) in [6.45, 7) is 26.0. The first-order valence-corrected chi connectivity index (χ1v) is 11.0. The minimum Gasteiger partial charge on any atom is -0.359 e. The highest BCUT2D eigenvalue weighted by Gasteiger charge is 2.44. The Balaban J connectivity index is 2.62. The maximum atomic E-state index is 5.76. The van der Waals surface area contributed by atoms with E-state index < -0.39 is 0 Å². The van der Waals surface area contributed by atoms with Crippen LogP contribution in [0.25, 0.3) is 0 Å². The molecule has 154 valence electrons. The fourth-order valence-corrected chi connectivity index (χ4v) is 4.59. The molecule has 0 N–H and O–H groups in total. The summed E-state index contributed by atoms with van der Waals surface area (Å²) in [6.07, 6.45) is 2.12. The lowest BCUT2D eigenvalue weighted by Crippen LogP contribution is -2.56. The van der Waals surface area contributed by atoms with Gasteiger partial charge < -0.3 is 9.80 Å². The van der Waals surface area contributed by atoms with Crippen LogP contribution in [0.1, 0.15) is 82.1 Å². The van der Waals surface area contributed by atoms with Crippen molar-refractivity contribution in [3.05, 3.63) is 11.3 Å². The van der Waals surface area contributed by atoms with Crippen molar-refractivity contribution in [1.29, 1.82) is 0 Å². The number of aliphatic imine (C=N–C) groups is 1. The van der Waals surface area contributed by atoms with E-state index in [0.717, 1.165) is 37.5 Å². The molecule has 1 unspecified atom stereocenters. The molecule has 4 heteroatoms. The van der Waals surface area contributed by atoms with E-state index in [1.54, 1.807) is 0 Å². The van der Waals surface area contributed by atoms with Gasteiger partial charge in [0.25, 0.3) is 0 Å². The van der Waals surface area contributed by atoms with Gasteiger partial charge in [-0.3, -0.25) is 4.99 Å². The summed E-state index contributed by atoms with van der Waals surface area (Å²) < 4.78 is 0. The minimum absolute atomic E-state index is 0.0320. The SMILES string of the molecule is CCCC(=S)N1CCN2C(C(C)(C)C)=NC(C(C)(C)C)C(C(C)(C)C)=C2C1.